The van der Waals surface area contributed by atoms with Crippen molar-refractivity contribution >= 4 is 5.91 Å². The summed E-state index contributed by atoms with van der Waals surface area (Å²) in [6, 6.07) is 9.83. The van der Waals surface area contributed by atoms with Crippen molar-refractivity contribution in [1.82, 2.24) is 5.32 Å². The maximum atomic E-state index is 13.7. The van der Waals surface area contributed by atoms with Crippen molar-refractivity contribution in [3.63, 3.8) is 0 Å². The summed E-state index contributed by atoms with van der Waals surface area (Å²) < 4.78 is 24.5. The molecule has 1 fully saturated rings. The van der Waals surface area contributed by atoms with Gasteiger partial charge >= 0.3 is 0 Å². The predicted octanol–water partition coefficient (Wildman–Crippen LogP) is 2.29. The standard InChI is InChI=1S/C18H20FNO4/c19-15-4-2-1-3-14(15)16-7-5-13(24-16)6-8-17(21)20-11-18(22)9-10-23-12-18/h1-5,7,22H,6,8-12H2,(H,20,21). The van der Waals surface area contributed by atoms with Gasteiger partial charge in [0, 0.05) is 32.4 Å². The SMILES string of the molecule is O=C(CCc1ccc(-c2ccccc2F)o1)NCC1(O)CCOC1. The summed E-state index contributed by atoms with van der Waals surface area (Å²) >= 11 is 0. The van der Waals surface area contributed by atoms with Crippen LogP contribution in [0.15, 0.2) is 40.8 Å². The highest BCUT2D eigenvalue weighted by Gasteiger charge is 2.32. The highest BCUT2D eigenvalue weighted by atomic mass is 19.1. The highest BCUT2D eigenvalue weighted by Crippen LogP contribution is 2.25. The minimum atomic E-state index is -0.960. The molecule has 6 heteroatoms. The van der Waals surface area contributed by atoms with E-state index in [2.05, 4.69) is 5.32 Å². The minimum Gasteiger partial charge on any atom is -0.461 e. The van der Waals surface area contributed by atoms with Crippen molar-refractivity contribution in [3.05, 3.63) is 48.0 Å². The quantitative estimate of drug-likeness (QED) is 0.851. The van der Waals surface area contributed by atoms with E-state index in [4.69, 9.17) is 9.15 Å². The third kappa shape index (κ3) is 4.01. The molecule has 24 heavy (non-hydrogen) atoms. The molecule has 1 amide bonds. The first-order valence-corrected chi connectivity index (χ1v) is 7.96. The van der Waals surface area contributed by atoms with Gasteiger partial charge in [-0.15, -0.1) is 0 Å². The molecule has 1 aromatic carbocycles. The Bertz CT molecular complexity index is 707. The van der Waals surface area contributed by atoms with Crippen LogP contribution in [-0.4, -0.2) is 36.4 Å². The number of ether oxygens (including phenoxy) is 1. The zero-order valence-electron chi connectivity index (χ0n) is 13.3. The van der Waals surface area contributed by atoms with Crippen molar-refractivity contribution in [2.24, 2.45) is 0 Å². The molecule has 0 spiro atoms. The second-order valence-corrected chi connectivity index (χ2v) is 6.05. The maximum Gasteiger partial charge on any atom is 0.220 e. The average molecular weight is 333 g/mol. The topological polar surface area (TPSA) is 71.7 Å². The van der Waals surface area contributed by atoms with Gasteiger partial charge in [-0.1, -0.05) is 12.1 Å². The van der Waals surface area contributed by atoms with E-state index in [1.54, 1.807) is 30.3 Å². The van der Waals surface area contributed by atoms with E-state index in [1.165, 1.54) is 6.07 Å². The zero-order valence-corrected chi connectivity index (χ0v) is 13.3. The monoisotopic (exact) mass is 333 g/mol. The zero-order chi connectivity index (χ0) is 17.0. The Morgan fingerprint density at radius 2 is 2.12 bits per heavy atom. The summed E-state index contributed by atoms with van der Waals surface area (Å²) in [6.07, 6.45) is 1.17. The molecule has 1 atom stereocenters. The first kappa shape index (κ1) is 16.7. The number of hydrogen-bond donors (Lipinski definition) is 2. The summed E-state index contributed by atoms with van der Waals surface area (Å²) in [4.78, 5) is 11.9. The van der Waals surface area contributed by atoms with Crippen LogP contribution in [0.2, 0.25) is 0 Å². The van der Waals surface area contributed by atoms with Crippen molar-refractivity contribution in [2.45, 2.75) is 24.9 Å². The molecule has 1 aliphatic rings. The number of halogens is 1. The molecule has 0 saturated carbocycles. The number of furan rings is 1. The van der Waals surface area contributed by atoms with Gasteiger partial charge in [0.05, 0.1) is 12.2 Å². The van der Waals surface area contributed by atoms with Crippen LogP contribution in [0.1, 0.15) is 18.6 Å². The first-order chi connectivity index (χ1) is 11.6. The Hall–Kier alpha value is -2.18. The molecule has 1 unspecified atom stereocenters. The number of aryl methyl sites for hydroxylation is 1. The second-order valence-electron chi connectivity index (χ2n) is 6.05. The summed E-state index contributed by atoms with van der Waals surface area (Å²) in [5, 5.41) is 12.8. The Balaban J connectivity index is 1.50. The van der Waals surface area contributed by atoms with E-state index in [9.17, 15) is 14.3 Å². The van der Waals surface area contributed by atoms with E-state index < -0.39 is 5.60 Å². The normalized spacial score (nSPS) is 20.2. The third-order valence-electron chi connectivity index (χ3n) is 4.10. The Morgan fingerprint density at radius 1 is 1.29 bits per heavy atom. The third-order valence-corrected chi connectivity index (χ3v) is 4.10. The van der Waals surface area contributed by atoms with Crippen molar-refractivity contribution < 1.29 is 23.4 Å². The molecule has 1 aromatic heterocycles. The van der Waals surface area contributed by atoms with Gasteiger partial charge in [0.1, 0.15) is 22.9 Å². The van der Waals surface area contributed by atoms with Crippen molar-refractivity contribution in [3.8, 4) is 11.3 Å². The fourth-order valence-electron chi connectivity index (χ4n) is 2.64. The van der Waals surface area contributed by atoms with Crippen LogP contribution in [0.3, 0.4) is 0 Å². The molecule has 5 nitrogen and oxygen atoms in total. The number of carbonyl (C=O) groups is 1. The van der Waals surface area contributed by atoms with Crippen LogP contribution in [0.4, 0.5) is 4.39 Å². The number of rotatable bonds is 6. The largest absolute Gasteiger partial charge is 0.461 e. The molecule has 2 heterocycles. The lowest BCUT2D eigenvalue weighted by atomic mass is 10.0. The van der Waals surface area contributed by atoms with Crippen LogP contribution in [0.5, 0.6) is 0 Å². The van der Waals surface area contributed by atoms with Gasteiger partial charge in [-0.3, -0.25) is 4.79 Å². The highest BCUT2D eigenvalue weighted by molar-refractivity contribution is 5.76. The van der Waals surface area contributed by atoms with E-state index in [1.807, 2.05) is 0 Å². The lowest BCUT2D eigenvalue weighted by Crippen LogP contribution is -2.43. The van der Waals surface area contributed by atoms with Gasteiger partial charge < -0.3 is 19.6 Å². The number of nitrogens with one attached hydrogen (secondary N) is 1. The lowest BCUT2D eigenvalue weighted by Gasteiger charge is -2.20. The van der Waals surface area contributed by atoms with E-state index >= 15 is 0 Å². The number of benzene rings is 1. The van der Waals surface area contributed by atoms with Gasteiger partial charge in [-0.2, -0.15) is 0 Å². The Morgan fingerprint density at radius 3 is 2.88 bits per heavy atom. The van der Waals surface area contributed by atoms with E-state index in [0.717, 1.165) is 0 Å². The minimum absolute atomic E-state index is 0.167. The van der Waals surface area contributed by atoms with Crippen LogP contribution < -0.4 is 5.32 Å². The van der Waals surface area contributed by atoms with Crippen molar-refractivity contribution in [1.29, 1.82) is 0 Å². The Labute approximate surface area is 139 Å². The molecule has 128 valence electrons. The van der Waals surface area contributed by atoms with Gasteiger partial charge in [0.25, 0.3) is 0 Å². The number of aliphatic hydroxyl groups is 1. The molecule has 0 radical (unpaired) electrons. The molecule has 0 aliphatic carbocycles. The van der Waals surface area contributed by atoms with Gasteiger partial charge in [0.15, 0.2) is 0 Å². The van der Waals surface area contributed by atoms with E-state index in [0.29, 0.717) is 36.5 Å². The first-order valence-electron chi connectivity index (χ1n) is 7.96. The predicted molar refractivity (Wildman–Crippen MR) is 85.8 cm³/mol. The Kier molecular flexibility index (Phi) is 4.97. The summed E-state index contributed by atoms with van der Waals surface area (Å²) in [7, 11) is 0. The molecule has 1 saturated heterocycles. The van der Waals surface area contributed by atoms with Gasteiger partial charge in [0.2, 0.25) is 5.91 Å². The number of amides is 1. The van der Waals surface area contributed by atoms with E-state index in [-0.39, 0.29) is 31.3 Å². The molecule has 0 bridgehead atoms. The lowest BCUT2D eigenvalue weighted by molar-refractivity contribution is -0.122. The smallest absolute Gasteiger partial charge is 0.220 e. The summed E-state index contributed by atoms with van der Waals surface area (Å²) in [5.74, 6) is 0.551. The van der Waals surface area contributed by atoms with Crippen LogP contribution in [0.25, 0.3) is 11.3 Å². The number of carbonyl (C=O) groups excluding carboxylic acids is 1. The molecule has 3 rings (SSSR count). The molecule has 1 aliphatic heterocycles. The van der Waals surface area contributed by atoms with Crippen LogP contribution >= 0.6 is 0 Å². The maximum absolute atomic E-state index is 13.7. The molecular formula is C18H20FNO4. The fourth-order valence-corrected chi connectivity index (χ4v) is 2.64. The fraction of sp³-hybridized carbons (Fsp3) is 0.389. The van der Waals surface area contributed by atoms with Crippen LogP contribution in [0, 0.1) is 5.82 Å². The number of hydrogen-bond acceptors (Lipinski definition) is 4. The molecular weight excluding hydrogens is 313 g/mol. The summed E-state index contributed by atoms with van der Waals surface area (Å²) in [6.45, 7) is 0.944. The van der Waals surface area contributed by atoms with Crippen LogP contribution in [-0.2, 0) is 16.0 Å². The molecule has 2 N–H and O–H groups in total. The molecule has 2 aromatic rings. The average Bonchev–Trinajstić information content (AvgIpc) is 3.21. The van der Waals surface area contributed by atoms with Gasteiger partial charge in [-0.05, 0) is 24.3 Å². The second kappa shape index (κ2) is 7.15. The van der Waals surface area contributed by atoms with Gasteiger partial charge in [-0.25, -0.2) is 4.39 Å². The summed E-state index contributed by atoms with van der Waals surface area (Å²) in [5.41, 5.74) is -0.560. The van der Waals surface area contributed by atoms with Crippen molar-refractivity contribution in [2.75, 3.05) is 19.8 Å².